The molecule has 0 radical (unpaired) electrons. The van der Waals surface area contributed by atoms with Gasteiger partial charge in [0.05, 0.1) is 0 Å². The Balaban J connectivity index is -0.0000000245. The zero-order valence-corrected chi connectivity index (χ0v) is 11.4. The Morgan fingerprint density at radius 3 is 0.400 bits per heavy atom. The van der Waals surface area contributed by atoms with Gasteiger partial charge in [-0.05, 0) is 0 Å². The van der Waals surface area contributed by atoms with E-state index < -0.39 is 37.3 Å². The molecule has 0 aliphatic rings. The molecular weight excluding hydrogens is 385 g/mol. The minimum absolute atomic E-state index is 0. The standard InChI is InChI=1S/6CHFO2.Li.H/c6*2-1(3)4;;/h6*(H,3,4);;/q;;;;;;+1;-1. The molecule has 0 aliphatic carbocycles. The van der Waals surface area contributed by atoms with Crippen LogP contribution in [-0.2, 0) is 0 Å². The van der Waals surface area contributed by atoms with E-state index in [9.17, 15) is 26.3 Å². The quantitative estimate of drug-likeness (QED) is 0.192. The van der Waals surface area contributed by atoms with Gasteiger partial charge in [-0.25, -0.2) is 28.8 Å². The van der Waals surface area contributed by atoms with Crippen molar-refractivity contribution in [2.75, 3.05) is 0 Å². The molecule has 0 amide bonds. The van der Waals surface area contributed by atoms with Gasteiger partial charge in [-0.3, -0.25) is 0 Å². The summed E-state index contributed by atoms with van der Waals surface area (Å²) >= 11 is 0. The molecule has 0 fully saturated rings. The maximum atomic E-state index is 9.92. The summed E-state index contributed by atoms with van der Waals surface area (Å²) in [5.74, 6) is 0. The Bertz CT molecular complexity index is 279. The summed E-state index contributed by atoms with van der Waals surface area (Å²) in [7, 11) is 0. The van der Waals surface area contributed by atoms with Gasteiger partial charge in [0.2, 0.25) is 0 Å². The fourth-order valence-electron chi connectivity index (χ4n) is 0. The average molecular weight is 392 g/mol. The van der Waals surface area contributed by atoms with Crippen LogP contribution in [0.25, 0.3) is 0 Å². The van der Waals surface area contributed by atoms with Gasteiger partial charge in [0.15, 0.2) is 0 Å². The second-order valence-electron chi connectivity index (χ2n) is 1.52. The van der Waals surface area contributed by atoms with Crippen molar-refractivity contribution in [2.45, 2.75) is 0 Å². The maximum Gasteiger partial charge on any atom is 1.00 e. The largest absolute Gasteiger partial charge is 1.00 e. The van der Waals surface area contributed by atoms with E-state index in [1.807, 2.05) is 0 Å². The molecule has 0 spiro atoms. The Kier molecular flexibility index (Phi) is 64.4. The first kappa shape index (κ1) is 43.1. The van der Waals surface area contributed by atoms with Crippen LogP contribution in [0.1, 0.15) is 1.43 Å². The molecule has 0 heterocycles. The topological polar surface area (TPSA) is 224 Å². The predicted octanol–water partition coefficient (Wildman–Crippen LogP) is 0.920. The van der Waals surface area contributed by atoms with Crippen LogP contribution in [-0.4, -0.2) is 68.0 Å². The van der Waals surface area contributed by atoms with Crippen molar-refractivity contribution >= 4 is 37.3 Å². The van der Waals surface area contributed by atoms with Crippen molar-refractivity contribution in [1.29, 1.82) is 0 Å². The summed E-state index contributed by atoms with van der Waals surface area (Å²) in [6, 6.07) is 0. The van der Waals surface area contributed by atoms with Crippen molar-refractivity contribution in [2.24, 2.45) is 0 Å². The van der Waals surface area contributed by atoms with E-state index in [4.69, 9.17) is 59.4 Å². The number of hydrogen-bond acceptors (Lipinski definition) is 6. The third-order valence-corrected chi connectivity index (χ3v) is 0. The van der Waals surface area contributed by atoms with E-state index >= 15 is 0 Å². The van der Waals surface area contributed by atoms with Crippen LogP contribution in [0, 0.1) is 0 Å². The molecule has 0 aromatic carbocycles. The molecular formula is C6H7F6LiO12. The summed E-state index contributed by atoms with van der Waals surface area (Å²) in [6.45, 7) is 0. The second-order valence-corrected chi connectivity index (χ2v) is 1.52. The van der Waals surface area contributed by atoms with Crippen molar-refractivity contribution in [1.82, 2.24) is 0 Å². The first-order valence-electron chi connectivity index (χ1n) is 3.70. The molecule has 0 saturated carbocycles. The van der Waals surface area contributed by atoms with Crippen molar-refractivity contribution in [3.63, 3.8) is 0 Å². The minimum Gasteiger partial charge on any atom is -1.00 e. The van der Waals surface area contributed by atoms with Crippen LogP contribution < -0.4 is 18.9 Å². The first-order chi connectivity index (χ1) is 10.4. The van der Waals surface area contributed by atoms with Gasteiger partial charge in [0, 0.05) is 0 Å². The summed E-state index contributed by atoms with van der Waals surface area (Å²) < 4.78 is 59.5. The smallest absolute Gasteiger partial charge is 1.00 e. The van der Waals surface area contributed by atoms with Gasteiger partial charge in [0.1, 0.15) is 0 Å². The maximum absolute atomic E-state index is 9.92. The zero-order valence-electron chi connectivity index (χ0n) is 12.4. The molecule has 12 nitrogen and oxygen atoms in total. The van der Waals surface area contributed by atoms with E-state index in [0.29, 0.717) is 0 Å². The van der Waals surface area contributed by atoms with Crippen LogP contribution in [0.5, 0.6) is 0 Å². The number of hydrogen-bond donors (Lipinski definition) is 6. The molecule has 0 atom stereocenters. The van der Waals surface area contributed by atoms with E-state index in [-0.39, 0.29) is 20.3 Å². The van der Waals surface area contributed by atoms with Crippen molar-refractivity contribution < 1.29 is 106 Å². The van der Waals surface area contributed by atoms with Gasteiger partial charge < -0.3 is 32.1 Å². The summed E-state index contributed by atoms with van der Waals surface area (Å²) in [6.07, 6.45) is -14.0. The van der Waals surface area contributed by atoms with Crippen molar-refractivity contribution in [3.8, 4) is 0 Å². The van der Waals surface area contributed by atoms with Crippen LogP contribution in [0.4, 0.5) is 55.1 Å². The Hall–Kier alpha value is -3.00. The third-order valence-electron chi connectivity index (χ3n) is 0. The molecule has 0 saturated heterocycles. The van der Waals surface area contributed by atoms with Gasteiger partial charge in [-0.1, -0.05) is 0 Å². The van der Waals surface area contributed by atoms with E-state index in [1.54, 1.807) is 0 Å². The first-order valence-corrected chi connectivity index (χ1v) is 3.70. The van der Waals surface area contributed by atoms with Crippen molar-refractivity contribution in [3.05, 3.63) is 0 Å². The average Bonchev–Trinajstić information content (AvgIpc) is 2.08. The van der Waals surface area contributed by atoms with Crippen LogP contribution in [0.15, 0.2) is 0 Å². The fourth-order valence-corrected chi connectivity index (χ4v) is 0. The molecule has 0 aromatic heterocycles. The van der Waals surface area contributed by atoms with Crippen LogP contribution in [0.2, 0.25) is 0 Å². The number of carboxylic acid groups (broad SMARTS) is 6. The Morgan fingerprint density at radius 2 is 0.400 bits per heavy atom. The van der Waals surface area contributed by atoms with E-state index in [1.165, 1.54) is 0 Å². The van der Waals surface area contributed by atoms with Gasteiger partial charge in [-0.15, -0.1) is 26.3 Å². The number of carbonyl (C=O) groups is 6. The molecule has 0 rings (SSSR count). The van der Waals surface area contributed by atoms with Gasteiger partial charge in [0.25, 0.3) is 0 Å². The summed E-state index contributed by atoms with van der Waals surface area (Å²) in [4.78, 5) is 50.0. The van der Waals surface area contributed by atoms with Crippen LogP contribution in [0.3, 0.4) is 0 Å². The molecule has 146 valence electrons. The second kappa shape index (κ2) is 37.3. The van der Waals surface area contributed by atoms with E-state index in [2.05, 4.69) is 0 Å². The van der Waals surface area contributed by atoms with Crippen LogP contribution >= 0.6 is 0 Å². The van der Waals surface area contributed by atoms with Gasteiger partial charge >= 0.3 is 56.2 Å². The molecule has 19 heteroatoms. The molecule has 25 heavy (non-hydrogen) atoms. The predicted molar refractivity (Wildman–Crippen MR) is 55.9 cm³/mol. The molecule has 0 aliphatic heterocycles. The summed E-state index contributed by atoms with van der Waals surface area (Å²) in [5, 5.41) is 40.5. The minimum atomic E-state index is -2.33. The normalized spacial score (nSPS) is 6.00. The Morgan fingerprint density at radius 1 is 0.400 bits per heavy atom. The van der Waals surface area contributed by atoms with E-state index in [0.717, 1.165) is 0 Å². The molecule has 0 aromatic rings. The van der Waals surface area contributed by atoms with Gasteiger partial charge in [-0.2, -0.15) is 0 Å². The molecule has 0 unspecified atom stereocenters. The monoisotopic (exact) mass is 392 g/mol. The Labute approximate surface area is 144 Å². The zero-order chi connectivity index (χ0) is 21.5. The molecule has 6 N–H and O–H groups in total. The number of rotatable bonds is 0. The third kappa shape index (κ3) is 841. The SMILES string of the molecule is O=C(O)F.O=C(O)F.O=C(O)F.O=C(O)F.O=C(O)F.O=C(O)F.[H-].[Li+]. The summed E-state index contributed by atoms with van der Waals surface area (Å²) in [5.41, 5.74) is 0. The molecule has 0 bridgehead atoms. The number of halogens is 6. The fraction of sp³-hybridized carbons (Fsp3) is 0.